The summed E-state index contributed by atoms with van der Waals surface area (Å²) in [5.41, 5.74) is 4.27. The molecule has 0 aliphatic rings. The van der Waals surface area contributed by atoms with E-state index in [-0.39, 0.29) is 30.4 Å². The van der Waals surface area contributed by atoms with Gasteiger partial charge in [0.05, 0.1) is 26.8 Å². The minimum absolute atomic E-state index is 0. The molecular formula is C31H33Cl2N3O4. The van der Waals surface area contributed by atoms with Crippen LogP contribution < -0.4 is 25.1 Å². The van der Waals surface area contributed by atoms with Crippen LogP contribution in [0, 0.1) is 0 Å². The van der Waals surface area contributed by atoms with Gasteiger partial charge in [-0.2, -0.15) is 0 Å². The summed E-state index contributed by atoms with van der Waals surface area (Å²) in [6.45, 7) is 2.63. The van der Waals surface area contributed by atoms with Gasteiger partial charge in [-0.25, -0.2) is 4.98 Å². The number of anilines is 1. The summed E-state index contributed by atoms with van der Waals surface area (Å²) >= 11 is 0. The van der Waals surface area contributed by atoms with E-state index in [0.717, 1.165) is 50.1 Å². The summed E-state index contributed by atoms with van der Waals surface area (Å²) in [6, 6.07) is 21.9. The number of nitrogens with one attached hydrogen (secondary N) is 2. The van der Waals surface area contributed by atoms with E-state index in [9.17, 15) is 4.79 Å². The average molecular weight is 583 g/mol. The van der Waals surface area contributed by atoms with Crippen LogP contribution in [-0.2, 0) is 19.4 Å². The largest absolute Gasteiger partial charge is 0.497 e. The van der Waals surface area contributed by atoms with Crippen molar-refractivity contribution in [2.24, 2.45) is 0 Å². The van der Waals surface area contributed by atoms with Crippen molar-refractivity contribution >= 4 is 52.3 Å². The predicted molar refractivity (Wildman–Crippen MR) is 166 cm³/mol. The third-order valence-corrected chi connectivity index (χ3v) is 6.84. The monoisotopic (exact) mass is 581 g/mol. The van der Waals surface area contributed by atoms with E-state index in [1.807, 2.05) is 55.5 Å². The first-order chi connectivity index (χ1) is 18.5. The van der Waals surface area contributed by atoms with Crippen LogP contribution in [0.25, 0.3) is 21.7 Å². The summed E-state index contributed by atoms with van der Waals surface area (Å²) in [4.78, 5) is 21.5. The number of benzene rings is 3. The fourth-order valence-corrected chi connectivity index (χ4v) is 4.82. The molecule has 210 valence electrons. The normalized spacial score (nSPS) is 10.5. The number of aromatic amines is 1. The van der Waals surface area contributed by atoms with Crippen LogP contribution >= 0.6 is 24.8 Å². The van der Waals surface area contributed by atoms with Crippen LogP contribution in [0.5, 0.6) is 17.2 Å². The summed E-state index contributed by atoms with van der Waals surface area (Å²) in [7, 11) is 4.86. The summed E-state index contributed by atoms with van der Waals surface area (Å²) in [5, 5.41) is 6.22. The zero-order chi connectivity index (χ0) is 26.6. The molecule has 0 spiro atoms. The topological polar surface area (TPSA) is 85.5 Å². The highest BCUT2D eigenvalue weighted by Crippen LogP contribution is 2.35. The third-order valence-electron chi connectivity index (χ3n) is 6.84. The van der Waals surface area contributed by atoms with Crippen LogP contribution in [0.15, 0.2) is 71.5 Å². The minimum Gasteiger partial charge on any atom is -0.497 e. The zero-order valence-electron chi connectivity index (χ0n) is 22.9. The van der Waals surface area contributed by atoms with E-state index in [0.29, 0.717) is 36.4 Å². The Morgan fingerprint density at radius 3 is 2.20 bits per heavy atom. The first kappa shape index (κ1) is 30.6. The van der Waals surface area contributed by atoms with Crippen molar-refractivity contribution in [3.05, 3.63) is 99.5 Å². The number of ether oxygens (including phenoxy) is 3. The van der Waals surface area contributed by atoms with E-state index >= 15 is 0 Å². The van der Waals surface area contributed by atoms with Crippen LogP contribution in [0.2, 0.25) is 0 Å². The molecule has 0 saturated carbocycles. The molecule has 0 aliphatic heterocycles. The van der Waals surface area contributed by atoms with Crippen molar-refractivity contribution in [1.29, 1.82) is 0 Å². The number of aromatic nitrogens is 2. The van der Waals surface area contributed by atoms with Gasteiger partial charge in [0.15, 0.2) is 11.5 Å². The van der Waals surface area contributed by atoms with Gasteiger partial charge in [0.2, 0.25) is 0 Å². The maximum atomic E-state index is 13.4. The van der Waals surface area contributed by atoms with Crippen LogP contribution in [0.3, 0.4) is 0 Å². The number of fused-ring (bicyclic) bond motifs is 2. The lowest BCUT2D eigenvalue weighted by Crippen LogP contribution is -2.17. The lowest BCUT2D eigenvalue weighted by atomic mass is 9.97. The standard InChI is InChI=1S/C31H31N3O4.2ClH/c1-5-26-24-17-29(38-4)28(37-3)16-23(24)25(31(35)34-26)15-21-13-20-14-22(36-2)11-12-27(20)33-30(21)32-18-19-9-7-6-8-10-19;;/h6-14,16-17H,5,15,18H2,1-4H3,(H,32,33)(H,34,35);2*1H. The number of pyridine rings is 2. The van der Waals surface area contributed by atoms with Crippen molar-refractivity contribution in [3.63, 3.8) is 0 Å². The number of methoxy groups -OCH3 is 3. The molecule has 2 heterocycles. The van der Waals surface area contributed by atoms with E-state index in [1.165, 1.54) is 0 Å². The molecular weight excluding hydrogens is 549 g/mol. The summed E-state index contributed by atoms with van der Waals surface area (Å²) < 4.78 is 16.6. The second-order valence-electron chi connectivity index (χ2n) is 9.09. The molecule has 0 aliphatic carbocycles. The Balaban J connectivity index is 0.00000220. The Labute approximate surface area is 245 Å². The minimum atomic E-state index is -0.124. The number of rotatable bonds is 9. The van der Waals surface area contributed by atoms with E-state index < -0.39 is 0 Å². The Hall–Kier alpha value is -3.94. The highest BCUT2D eigenvalue weighted by molar-refractivity contribution is 5.91. The molecule has 0 unspecified atom stereocenters. The maximum Gasteiger partial charge on any atom is 0.252 e. The zero-order valence-corrected chi connectivity index (χ0v) is 24.5. The maximum absolute atomic E-state index is 13.4. The van der Waals surface area contributed by atoms with Gasteiger partial charge in [-0.15, -0.1) is 24.8 Å². The molecule has 2 N–H and O–H groups in total. The first-order valence-electron chi connectivity index (χ1n) is 12.6. The van der Waals surface area contributed by atoms with Crippen LogP contribution in [0.1, 0.15) is 29.3 Å². The predicted octanol–water partition coefficient (Wildman–Crippen LogP) is 6.71. The number of halogens is 2. The number of H-pyrrole nitrogens is 1. The van der Waals surface area contributed by atoms with Crippen molar-refractivity contribution in [2.45, 2.75) is 26.3 Å². The lowest BCUT2D eigenvalue weighted by Gasteiger charge is -2.16. The van der Waals surface area contributed by atoms with E-state index in [4.69, 9.17) is 19.2 Å². The second-order valence-corrected chi connectivity index (χ2v) is 9.09. The van der Waals surface area contributed by atoms with Gasteiger partial charge in [0.1, 0.15) is 11.6 Å². The number of hydrogen-bond acceptors (Lipinski definition) is 6. The molecule has 0 radical (unpaired) electrons. The average Bonchev–Trinajstić information content (AvgIpc) is 2.96. The molecule has 0 atom stereocenters. The number of nitrogens with zero attached hydrogens (tertiary/aromatic N) is 1. The van der Waals surface area contributed by atoms with E-state index in [2.05, 4.69) is 28.5 Å². The molecule has 0 bridgehead atoms. The van der Waals surface area contributed by atoms with Gasteiger partial charge >= 0.3 is 0 Å². The van der Waals surface area contributed by atoms with Gasteiger partial charge < -0.3 is 24.5 Å². The molecule has 3 aromatic carbocycles. The quantitative estimate of drug-likeness (QED) is 0.201. The molecule has 9 heteroatoms. The highest BCUT2D eigenvalue weighted by atomic mass is 35.5. The van der Waals surface area contributed by atoms with Crippen molar-refractivity contribution in [1.82, 2.24) is 9.97 Å². The molecule has 40 heavy (non-hydrogen) atoms. The SMILES string of the molecule is CCc1[nH]c(=O)c(Cc2cc3cc(OC)ccc3nc2NCc2ccccc2)c2cc(OC)c(OC)cc12.Cl.Cl. The van der Waals surface area contributed by atoms with Crippen molar-refractivity contribution in [3.8, 4) is 17.2 Å². The van der Waals surface area contributed by atoms with Crippen LogP contribution in [0.4, 0.5) is 5.82 Å². The number of hydrogen-bond donors (Lipinski definition) is 2. The summed E-state index contributed by atoms with van der Waals surface area (Å²) in [6.07, 6.45) is 1.06. The third kappa shape index (κ3) is 6.11. The fraction of sp³-hybridized carbons (Fsp3) is 0.226. The van der Waals surface area contributed by atoms with Crippen molar-refractivity contribution < 1.29 is 14.2 Å². The molecule has 0 amide bonds. The van der Waals surface area contributed by atoms with Gasteiger partial charge in [0.25, 0.3) is 5.56 Å². The number of aryl methyl sites for hydroxylation is 1. The molecule has 5 aromatic rings. The van der Waals surface area contributed by atoms with Gasteiger partial charge in [-0.3, -0.25) is 4.79 Å². The lowest BCUT2D eigenvalue weighted by molar-refractivity contribution is 0.356. The van der Waals surface area contributed by atoms with Gasteiger partial charge in [-0.1, -0.05) is 37.3 Å². The smallest absolute Gasteiger partial charge is 0.252 e. The van der Waals surface area contributed by atoms with Gasteiger partial charge in [0, 0.05) is 35.0 Å². The van der Waals surface area contributed by atoms with Crippen molar-refractivity contribution in [2.75, 3.05) is 26.6 Å². The molecule has 2 aromatic heterocycles. The summed E-state index contributed by atoms with van der Waals surface area (Å²) in [5.74, 6) is 2.69. The second kappa shape index (κ2) is 13.4. The molecule has 0 saturated heterocycles. The Morgan fingerprint density at radius 1 is 0.850 bits per heavy atom. The molecule has 5 rings (SSSR count). The Kier molecular flexibility index (Phi) is 10.3. The Bertz CT molecular complexity index is 1670. The fourth-order valence-electron chi connectivity index (χ4n) is 4.82. The Morgan fingerprint density at radius 2 is 1.55 bits per heavy atom. The van der Waals surface area contributed by atoms with E-state index in [1.54, 1.807) is 21.3 Å². The molecule has 7 nitrogen and oxygen atoms in total. The van der Waals surface area contributed by atoms with Gasteiger partial charge in [-0.05, 0) is 59.3 Å². The molecule has 0 fully saturated rings. The van der Waals surface area contributed by atoms with Crippen LogP contribution in [-0.4, -0.2) is 31.3 Å². The highest BCUT2D eigenvalue weighted by Gasteiger charge is 2.18. The first-order valence-corrected chi connectivity index (χ1v) is 12.6.